The van der Waals surface area contributed by atoms with Crippen molar-refractivity contribution in [1.82, 2.24) is 9.97 Å². The number of benzene rings is 1. The van der Waals surface area contributed by atoms with Gasteiger partial charge in [0.2, 0.25) is 0 Å². The molecule has 2 heterocycles. The number of hydrogen-bond acceptors (Lipinski definition) is 4. The van der Waals surface area contributed by atoms with Crippen LogP contribution in [0.1, 0.15) is 28.4 Å². The van der Waals surface area contributed by atoms with E-state index in [2.05, 4.69) is 9.97 Å². The van der Waals surface area contributed by atoms with E-state index in [1.54, 1.807) is 23.5 Å². The summed E-state index contributed by atoms with van der Waals surface area (Å²) in [6.07, 6.45) is 0. The van der Waals surface area contributed by atoms with Gasteiger partial charge in [-0.2, -0.15) is 0 Å². The van der Waals surface area contributed by atoms with Crippen molar-refractivity contribution in [2.45, 2.75) is 30.9 Å². The van der Waals surface area contributed by atoms with Crippen LogP contribution in [-0.2, 0) is 0 Å². The Morgan fingerprint density at radius 1 is 1.30 bits per heavy atom. The van der Waals surface area contributed by atoms with Gasteiger partial charge in [0, 0.05) is 14.8 Å². The predicted molar refractivity (Wildman–Crippen MR) is 100 cm³/mol. The molecule has 0 unspecified atom stereocenters. The molecular weight excluding hydrogens is 371 g/mol. The Balaban J connectivity index is 1.99. The summed E-state index contributed by atoms with van der Waals surface area (Å²) in [6.45, 7) is 5.94. The van der Waals surface area contributed by atoms with Crippen LogP contribution in [0.3, 0.4) is 0 Å². The second-order valence-corrected chi connectivity index (χ2v) is 8.68. The first-order chi connectivity index (χ1) is 10.9. The van der Waals surface area contributed by atoms with Gasteiger partial charge in [-0.15, -0.1) is 23.1 Å². The molecule has 0 saturated heterocycles. The van der Waals surface area contributed by atoms with Crippen molar-refractivity contribution in [3.05, 3.63) is 54.9 Å². The number of aromatic nitrogens is 2. The number of H-pyrrole nitrogens is 1. The highest BCUT2D eigenvalue weighted by Gasteiger charge is 2.17. The van der Waals surface area contributed by atoms with Gasteiger partial charge in [0.05, 0.1) is 15.7 Å². The lowest BCUT2D eigenvalue weighted by Crippen LogP contribution is -2.12. The van der Waals surface area contributed by atoms with Crippen LogP contribution < -0.4 is 5.56 Å². The van der Waals surface area contributed by atoms with Crippen molar-refractivity contribution < 1.29 is 0 Å². The maximum Gasteiger partial charge on any atom is 0.259 e. The lowest BCUT2D eigenvalue weighted by molar-refractivity contribution is 0.925. The van der Waals surface area contributed by atoms with E-state index in [-0.39, 0.29) is 10.8 Å². The third-order valence-corrected chi connectivity index (χ3v) is 6.59. The SMILES string of the molecule is Cc1sc2nc([C@@H](C)Sc3cc(Cl)ccc3Cl)[nH]c(=O)c2c1C. The number of aryl methyl sites for hydroxylation is 2. The summed E-state index contributed by atoms with van der Waals surface area (Å²) in [6, 6.07) is 5.34. The third-order valence-electron chi connectivity index (χ3n) is 3.64. The molecule has 0 saturated carbocycles. The molecule has 1 aromatic carbocycles. The zero-order valence-corrected chi connectivity index (χ0v) is 15.9. The van der Waals surface area contributed by atoms with E-state index in [4.69, 9.17) is 23.2 Å². The largest absolute Gasteiger partial charge is 0.309 e. The first-order valence-corrected chi connectivity index (χ1v) is 9.43. The minimum Gasteiger partial charge on any atom is -0.309 e. The Kier molecular flexibility index (Phi) is 4.74. The van der Waals surface area contributed by atoms with Crippen LogP contribution in [0.15, 0.2) is 27.9 Å². The van der Waals surface area contributed by atoms with Crippen LogP contribution in [-0.4, -0.2) is 9.97 Å². The van der Waals surface area contributed by atoms with Gasteiger partial charge < -0.3 is 4.98 Å². The predicted octanol–water partition coefficient (Wildman–Crippen LogP) is 5.76. The molecule has 0 aliphatic carbocycles. The standard InChI is InChI=1S/C16H14Cl2N2OS2/c1-7-8(2)23-16-13(7)15(21)19-14(20-16)9(3)22-12-6-10(17)4-5-11(12)18/h4-6,9H,1-3H3,(H,19,20,21)/t9-/m1/s1. The highest BCUT2D eigenvalue weighted by molar-refractivity contribution is 7.99. The van der Waals surface area contributed by atoms with Gasteiger partial charge >= 0.3 is 0 Å². The average Bonchev–Trinajstić information content (AvgIpc) is 2.78. The molecule has 0 spiro atoms. The summed E-state index contributed by atoms with van der Waals surface area (Å²) < 4.78 is 0. The Morgan fingerprint density at radius 2 is 2.04 bits per heavy atom. The van der Waals surface area contributed by atoms with Crippen molar-refractivity contribution in [3.63, 3.8) is 0 Å². The van der Waals surface area contributed by atoms with E-state index in [9.17, 15) is 4.79 Å². The van der Waals surface area contributed by atoms with Crippen molar-refractivity contribution >= 4 is 56.5 Å². The number of thiophene rings is 1. The highest BCUT2D eigenvalue weighted by atomic mass is 35.5. The van der Waals surface area contributed by atoms with E-state index in [1.165, 1.54) is 11.8 Å². The first-order valence-electron chi connectivity index (χ1n) is 6.98. The van der Waals surface area contributed by atoms with E-state index in [1.807, 2.05) is 26.8 Å². The highest BCUT2D eigenvalue weighted by Crippen LogP contribution is 2.39. The van der Waals surface area contributed by atoms with Gasteiger partial charge in [0.15, 0.2) is 0 Å². The van der Waals surface area contributed by atoms with E-state index in [0.29, 0.717) is 21.3 Å². The number of hydrogen-bond donors (Lipinski definition) is 1. The van der Waals surface area contributed by atoms with Crippen LogP contribution >= 0.6 is 46.3 Å². The van der Waals surface area contributed by atoms with Crippen molar-refractivity contribution in [2.24, 2.45) is 0 Å². The summed E-state index contributed by atoms with van der Waals surface area (Å²) in [5, 5.41) is 1.91. The number of halogens is 2. The second-order valence-electron chi connectivity index (χ2n) is 5.25. The molecule has 2 aromatic heterocycles. The fourth-order valence-electron chi connectivity index (χ4n) is 2.28. The van der Waals surface area contributed by atoms with Crippen molar-refractivity contribution in [3.8, 4) is 0 Å². The fourth-order valence-corrected chi connectivity index (χ4v) is 4.78. The third kappa shape index (κ3) is 3.29. The number of fused-ring (bicyclic) bond motifs is 1. The van der Waals surface area contributed by atoms with Gasteiger partial charge in [-0.3, -0.25) is 4.79 Å². The van der Waals surface area contributed by atoms with Gasteiger partial charge in [0.25, 0.3) is 5.56 Å². The van der Waals surface area contributed by atoms with Gasteiger partial charge in [-0.25, -0.2) is 4.98 Å². The molecule has 3 nitrogen and oxygen atoms in total. The molecule has 0 fully saturated rings. The molecule has 0 aliphatic heterocycles. The number of rotatable bonds is 3. The van der Waals surface area contributed by atoms with Crippen molar-refractivity contribution in [1.29, 1.82) is 0 Å². The van der Waals surface area contributed by atoms with E-state index >= 15 is 0 Å². The minimum absolute atomic E-state index is 0.0502. The molecule has 1 N–H and O–H groups in total. The molecule has 3 aromatic rings. The smallest absolute Gasteiger partial charge is 0.259 e. The molecule has 7 heteroatoms. The van der Waals surface area contributed by atoms with Crippen LogP contribution in [0.25, 0.3) is 10.2 Å². The van der Waals surface area contributed by atoms with Crippen LogP contribution in [0.5, 0.6) is 0 Å². The molecule has 0 bridgehead atoms. The normalized spacial score (nSPS) is 12.7. The summed E-state index contributed by atoms with van der Waals surface area (Å²) in [5.41, 5.74) is 0.917. The maximum absolute atomic E-state index is 12.4. The summed E-state index contributed by atoms with van der Waals surface area (Å²) in [4.78, 5) is 22.7. The molecule has 23 heavy (non-hydrogen) atoms. The number of nitrogens with zero attached hydrogens (tertiary/aromatic N) is 1. The Bertz CT molecular complexity index is 949. The zero-order valence-electron chi connectivity index (χ0n) is 12.7. The molecule has 120 valence electrons. The molecular formula is C16H14Cl2N2OS2. The Morgan fingerprint density at radius 3 is 2.78 bits per heavy atom. The van der Waals surface area contributed by atoms with Crippen LogP contribution in [0.4, 0.5) is 0 Å². The minimum atomic E-state index is -0.0866. The van der Waals surface area contributed by atoms with Gasteiger partial charge in [-0.05, 0) is 44.5 Å². The number of thioether (sulfide) groups is 1. The lowest BCUT2D eigenvalue weighted by Gasteiger charge is -2.12. The molecule has 1 atom stereocenters. The summed E-state index contributed by atoms with van der Waals surface area (Å²) >= 11 is 15.3. The van der Waals surface area contributed by atoms with Crippen LogP contribution in [0, 0.1) is 13.8 Å². The second kappa shape index (κ2) is 6.48. The summed E-state index contributed by atoms with van der Waals surface area (Å²) in [7, 11) is 0. The number of aromatic amines is 1. The first kappa shape index (κ1) is 16.8. The van der Waals surface area contributed by atoms with Gasteiger partial charge in [0.1, 0.15) is 10.7 Å². The maximum atomic E-state index is 12.4. The van der Waals surface area contributed by atoms with Crippen molar-refractivity contribution in [2.75, 3.05) is 0 Å². The van der Waals surface area contributed by atoms with Gasteiger partial charge in [-0.1, -0.05) is 23.2 Å². The van der Waals surface area contributed by atoms with E-state index < -0.39 is 0 Å². The van der Waals surface area contributed by atoms with Crippen LogP contribution in [0.2, 0.25) is 10.0 Å². The topological polar surface area (TPSA) is 45.8 Å². The molecule has 0 aliphatic rings. The Labute approximate surface area is 152 Å². The molecule has 0 radical (unpaired) electrons. The fraction of sp³-hybridized carbons (Fsp3) is 0.250. The monoisotopic (exact) mass is 384 g/mol. The average molecular weight is 385 g/mol. The molecule has 3 rings (SSSR count). The number of nitrogens with one attached hydrogen (secondary N) is 1. The van der Waals surface area contributed by atoms with E-state index in [0.717, 1.165) is 20.2 Å². The lowest BCUT2D eigenvalue weighted by atomic mass is 10.2. The molecule has 0 amide bonds. The summed E-state index contributed by atoms with van der Waals surface area (Å²) in [5.74, 6) is 0.643. The quantitative estimate of drug-likeness (QED) is 0.583. The Hall–Kier alpha value is -1.01. The zero-order chi connectivity index (χ0) is 16.7.